The summed E-state index contributed by atoms with van der Waals surface area (Å²) < 4.78 is 16.4. The first-order valence-electron chi connectivity index (χ1n) is 8.12. The Morgan fingerprint density at radius 1 is 1.30 bits per heavy atom. The van der Waals surface area contributed by atoms with Crippen LogP contribution in [-0.2, 0) is 9.53 Å². The van der Waals surface area contributed by atoms with Crippen molar-refractivity contribution in [3.05, 3.63) is 24.3 Å². The predicted molar refractivity (Wildman–Crippen MR) is 88.0 cm³/mol. The summed E-state index contributed by atoms with van der Waals surface area (Å²) in [7, 11) is 1.59. The van der Waals surface area contributed by atoms with E-state index in [2.05, 4.69) is 10.2 Å². The molecule has 1 atom stereocenters. The van der Waals surface area contributed by atoms with Crippen molar-refractivity contribution in [2.75, 3.05) is 46.5 Å². The average Bonchev–Trinajstić information content (AvgIpc) is 2.60. The largest absolute Gasteiger partial charge is 0.493 e. The quantitative estimate of drug-likeness (QED) is 0.782. The van der Waals surface area contributed by atoms with E-state index in [0.29, 0.717) is 24.5 Å². The molecule has 1 aromatic rings. The van der Waals surface area contributed by atoms with Crippen molar-refractivity contribution >= 4 is 5.91 Å². The minimum absolute atomic E-state index is 0.0911. The zero-order valence-electron chi connectivity index (χ0n) is 13.9. The number of amides is 1. The van der Waals surface area contributed by atoms with E-state index in [4.69, 9.17) is 14.2 Å². The Hall–Kier alpha value is -1.79. The summed E-state index contributed by atoms with van der Waals surface area (Å²) in [4.78, 5) is 14.6. The van der Waals surface area contributed by atoms with Gasteiger partial charge in [-0.05, 0) is 18.6 Å². The number of nitrogens with one attached hydrogen (secondary N) is 1. The molecule has 0 aliphatic carbocycles. The van der Waals surface area contributed by atoms with Crippen LogP contribution in [-0.4, -0.2) is 63.4 Å². The summed E-state index contributed by atoms with van der Waals surface area (Å²) in [5, 5.41) is 2.95. The summed E-state index contributed by atoms with van der Waals surface area (Å²) >= 11 is 0. The van der Waals surface area contributed by atoms with Crippen molar-refractivity contribution in [3.8, 4) is 11.5 Å². The van der Waals surface area contributed by atoms with Crippen LogP contribution in [0.25, 0.3) is 0 Å². The number of carbonyl (C=O) groups excluding carboxylic acids is 1. The molecule has 1 N–H and O–H groups in total. The van der Waals surface area contributed by atoms with Gasteiger partial charge in [0.25, 0.3) is 5.91 Å². The number of para-hydroxylation sites is 2. The van der Waals surface area contributed by atoms with Crippen molar-refractivity contribution in [1.82, 2.24) is 10.2 Å². The Balaban J connectivity index is 1.80. The topological polar surface area (TPSA) is 60.0 Å². The molecular weight excluding hydrogens is 296 g/mol. The molecule has 1 amide bonds. The average molecular weight is 322 g/mol. The number of benzene rings is 1. The molecule has 1 fully saturated rings. The summed E-state index contributed by atoms with van der Waals surface area (Å²) in [6.45, 7) is 6.76. The fourth-order valence-electron chi connectivity index (χ4n) is 2.47. The van der Waals surface area contributed by atoms with E-state index in [1.165, 1.54) is 0 Å². The van der Waals surface area contributed by atoms with Gasteiger partial charge in [-0.3, -0.25) is 9.69 Å². The predicted octanol–water partition coefficient (Wildman–Crippen LogP) is 1.30. The van der Waals surface area contributed by atoms with E-state index in [1.54, 1.807) is 7.11 Å². The number of rotatable bonds is 8. The van der Waals surface area contributed by atoms with Crippen molar-refractivity contribution < 1.29 is 19.0 Å². The highest BCUT2D eigenvalue weighted by Gasteiger charge is 2.20. The fourth-order valence-corrected chi connectivity index (χ4v) is 2.47. The van der Waals surface area contributed by atoms with Gasteiger partial charge in [0, 0.05) is 26.2 Å². The number of nitrogens with zero attached hydrogens (tertiary/aromatic N) is 1. The van der Waals surface area contributed by atoms with Gasteiger partial charge in [0.05, 0.1) is 20.3 Å². The van der Waals surface area contributed by atoms with Crippen LogP contribution in [0.5, 0.6) is 11.5 Å². The highest BCUT2D eigenvalue weighted by atomic mass is 16.5. The highest BCUT2D eigenvalue weighted by Crippen LogP contribution is 2.27. The molecule has 1 saturated heterocycles. The van der Waals surface area contributed by atoms with Crippen LogP contribution in [0, 0.1) is 0 Å². The van der Waals surface area contributed by atoms with Crippen LogP contribution in [0.1, 0.15) is 13.3 Å². The minimum atomic E-state index is -0.518. The van der Waals surface area contributed by atoms with Crippen molar-refractivity contribution in [1.29, 1.82) is 0 Å². The second-order valence-electron chi connectivity index (χ2n) is 5.41. The molecule has 6 heteroatoms. The number of hydrogen-bond donors (Lipinski definition) is 1. The molecule has 0 radical (unpaired) electrons. The number of methoxy groups -OCH3 is 1. The zero-order chi connectivity index (χ0) is 16.5. The van der Waals surface area contributed by atoms with Gasteiger partial charge in [0.15, 0.2) is 17.6 Å². The van der Waals surface area contributed by atoms with E-state index in [-0.39, 0.29) is 5.91 Å². The molecule has 0 bridgehead atoms. The third kappa shape index (κ3) is 5.41. The molecule has 1 heterocycles. The van der Waals surface area contributed by atoms with Crippen LogP contribution in [0.4, 0.5) is 0 Å². The first-order valence-corrected chi connectivity index (χ1v) is 8.12. The molecule has 1 aliphatic heterocycles. The Labute approximate surface area is 137 Å². The third-order valence-electron chi connectivity index (χ3n) is 3.83. The van der Waals surface area contributed by atoms with Gasteiger partial charge < -0.3 is 19.5 Å². The number of hydrogen-bond acceptors (Lipinski definition) is 5. The van der Waals surface area contributed by atoms with Crippen LogP contribution in [0.3, 0.4) is 0 Å². The Morgan fingerprint density at radius 2 is 2.00 bits per heavy atom. The molecular formula is C17H26N2O4. The maximum absolute atomic E-state index is 12.3. The highest BCUT2D eigenvalue weighted by molar-refractivity contribution is 5.81. The second kappa shape index (κ2) is 9.37. The smallest absolute Gasteiger partial charge is 0.261 e. The van der Waals surface area contributed by atoms with Gasteiger partial charge in [-0.2, -0.15) is 0 Å². The Kier molecular flexibility index (Phi) is 7.16. The lowest BCUT2D eigenvalue weighted by atomic mass is 10.2. The number of carbonyl (C=O) groups is 1. The van der Waals surface area contributed by atoms with Gasteiger partial charge in [0.1, 0.15) is 0 Å². The van der Waals surface area contributed by atoms with E-state index in [9.17, 15) is 4.79 Å². The normalized spacial score (nSPS) is 16.6. The van der Waals surface area contributed by atoms with Crippen molar-refractivity contribution in [2.45, 2.75) is 19.4 Å². The van der Waals surface area contributed by atoms with E-state index in [1.807, 2.05) is 31.2 Å². The molecule has 128 valence electrons. The molecule has 0 saturated carbocycles. The van der Waals surface area contributed by atoms with Gasteiger partial charge in [-0.1, -0.05) is 19.1 Å². The van der Waals surface area contributed by atoms with Gasteiger partial charge in [0.2, 0.25) is 0 Å². The van der Waals surface area contributed by atoms with Crippen molar-refractivity contribution in [2.24, 2.45) is 0 Å². The van der Waals surface area contributed by atoms with Gasteiger partial charge in [-0.25, -0.2) is 0 Å². The molecule has 0 unspecified atom stereocenters. The molecule has 0 spiro atoms. The summed E-state index contributed by atoms with van der Waals surface area (Å²) in [6.07, 6.45) is 0.0810. The number of morpholine rings is 1. The maximum atomic E-state index is 12.3. The van der Waals surface area contributed by atoms with Crippen LogP contribution < -0.4 is 14.8 Å². The summed E-state index contributed by atoms with van der Waals surface area (Å²) in [5.41, 5.74) is 0. The van der Waals surface area contributed by atoms with Crippen LogP contribution in [0.15, 0.2) is 24.3 Å². The SMILES string of the molecule is CC[C@H](Oc1ccccc1OC)C(=O)NCCN1CCOCC1. The molecule has 2 rings (SSSR count). The first kappa shape index (κ1) is 17.6. The van der Waals surface area contributed by atoms with Crippen molar-refractivity contribution in [3.63, 3.8) is 0 Å². The standard InChI is InChI=1S/C17H26N2O4/c1-3-14(23-16-7-5-4-6-15(16)21-2)17(20)18-8-9-19-10-12-22-13-11-19/h4-7,14H,3,8-13H2,1-2H3,(H,18,20)/t14-/m0/s1. The van der Waals surface area contributed by atoms with Crippen LogP contribution in [0.2, 0.25) is 0 Å². The lowest BCUT2D eigenvalue weighted by molar-refractivity contribution is -0.128. The van der Waals surface area contributed by atoms with Crippen LogP contribution >= 0.6 is 0 Å². The lowest BCUT2D eigenvalue weighted by Crippen LogP contribution is -2.44. The fraction of sp³-hybridized carbons (Fsp3) is 0.588. The maximum Gasteiger partial charge on any atom is 0.261 e. The van der Waals surface area contributed by atoms with E-state index >= 15 is 0 Å². The molecule has 1 aliphatic rings. The monoisotopic (exact) mass is 322 g/mol. The zero-order valence-corrected chi connectivity index (χ0v) is 13.9. The second-order valence-corrected chi connectivity index (χ2v) is 5.41. The lowest BCUT2D eigenvalue weighted by Gasteiger charge is -2.27. The molecule has 1 aromatic carbocycles. The summed E-state index contributed by atoms with van der Waals surface area (Å²) in [5.74, 6) is 1.13. The third-order valence-corrected chi connectivity index (χ3v) is 3.83. The van der Waals surface area contributed by atoms with Gasteiger partial charge >= 0.3 is 0 Å². The molecule has 23 heavy (non-hydrogen) atoms. The number of ether oxygens (including phenoxy) is 3. The Bertz CT molecular complexity index is 489. The Morgan fingerprint density at radius 3 is 2.65 bits per heavy atom. The van der Waals surface area contributed by atoms with E-state index < -0.39 is 6.10 Å². The molecule has 0 aromatic heterocycles. The molecule has 6 nitrogen and oxygen atoms in total. The first-order chi connectivity index (χ1) is 11.2. The summed E-state index contributed by atoms with van der Waals surface area (Å²) in [6, 6.07) is 7.36. The van der Waals surface area contributed by atoms with E-state index in [0.717, 1.165) is 32.8 Å². The van der Waals surface area contributed by atoms with Gasteiger partial charge in [-0.15, -0.1) is 0 Å². The minimum Gasteiger partial charge on any atom is -0.493 e.